The van der Waals surface area contributed by atoms with Crippen LogP contribution < -0.4 is 4.74 Å². The molecule has 0 saturated heterocycles. The normalized spacial score (nSPS) is 17.4. The molecule has 0 unspecified atom stereocenters. The van der Waals surface area contributed by atoms with Gasteiger partial charge in [0.1, 0.15) is 11.2 Å². The highest BCUT2D eigenvalue weighted by Gasteiger charge is 2.47. The lowest BCUT2D eigenvalue weighted by Gasteiger charge is -2.36. The van der Waals surface area contributed by atoms with Gasteiger partial charge in [-0.3, -0.25) is 4.79 Å². The number of fused-ring (bicyclic) bond motifs is 1. The molecular weight excluding hydrogens is 248 g/mol. The number of hydrogen-bond acceptors (Lipinski definition) is 3. The Hall–Kier alpha value is -1.55. The SMILES string of the molecule is COc1cccc2cc(C3(C(=O)O)CCC3)sc12. The Labute approximate surface area is 109 Å². The Morgan fingerprint density at radius 2 is 2.22 bits per heavy atom. The van der Waals surface area contributed by atoms with E-state index in [0.717, 1.165) is 40.0 Å². The molecule has 4 heteroatoms. The average molecular weight is 262 g/mol. The maximum Gasteiger partial charge on any atom is 0.314 e. The molecular formula is C14H14O3S. The highest BCUT2D eigenvalue weighted by Crippen LogP contribution is 2.49. The third-order valence-electron chi connectivity index (χ3n) is 3.82. The minimum absolute atomic E-state index is 0.644. The quantitative estimate of drug-likeness (QED) is 0.922. The van der Waals surface area contributed by atoms with Crippen molar-refractivity contribution in [1.29, 1.82) is 0 Å². The standard InChI is InChI=1S/C14H14O3S/c1-17-10-5-2-4-9-8-11(18-12(9)10)14(13(15)16)6-3-7-14/h2,4-5,8H,3,6-7H2,1H3,(H,15,16). The van der Waals surface area contributed by atoms with Gasteiger partial charge in [0.05, 0.1) is 11.8 Å². The molecule has 18 heavy (non-hydrogen) atoms. The summed E-state index contributed by atoms with van der Waals surface area (Å²) in [6.07, 6.45) is 2.49. The van der Waals surface area contributed by atoms with E-state index in [9.17, 15) is 9.90 Å². The fourth-order valence-electron chi connectivity index (χ4n) is 2.53. The molecule has 1 aliphatic rings. The fourth-order valence-corrected chi connectivity index (χ4v) is 3.92. The molecule has 0 aliphatic heterocycles. The number of carbonyl (C=O) groups is 1. The van der Waals surface area contributed by atoms with Gasteiger partial charge < -0.3 is 9.84 Å². The van der Waals surface area contributed by atoms with E-state index in [1.54, 1.807) is 18.4 Å². The molecule has 1 fully saturated rings. The first-order valence-corrected chi connectivity index (χ1v) is 6.79. The van der Waals surface area contributed by atoms with Crippen molar-refractivity contribution in [2.45, 2.75) is 24.7 Å². The van der Waals surface area contributed by atoms with E-state index in [1.807, 2.05) is 24.3 Å². The smallest absolute Gasteiger partial charge is 0.314 e. The van der Waals surface area contributed by atoms with Gasteiger partial charge in [0.2, 0.25) is 0 Å². The van der Waals surface area contributed by atoms with E-state index in [0.29, 0.717) is 0 Å². The average Bonchev–Trinajstić information content (AvgIpc) is 2.70. The number of carboxylic acid groups (broad SMARTS) is 1. The molecule has 1 heterocycles. The van der Waals surface area contributed by atoms with Crippen molar-refractivity contribution in [2.75, 3.05) is 7.11 Å². The van der Waals surface area contributed by atoms with Crippen molar-refractivity contribution in [3.63, 3.8) is 0 Å². The zero-order valence-corrected chi connectivity index (χ0v) is 10.9. The third kappa shape index (κ3) is 1.45. The molecule has 1 aliphatic carbocycles. The molecule has 1 N–H and O–H groups in total. The first-order chi connectivity index (χ1) is 8.67. The number of benzene rings is 1. The first-order valence-electron chi connectivity index (χ1n) is 5.98. The summed E-state index contributed by atoms with van der Waals surface area (Å²) >= 11 is 1.55. The summed E-state index contributed by atoms with van der Waals surface area (Å²) in [7, 11) is 1.64. The van der Waals surface area contributed by atoms with Crippen molar-refractivity contribution in [3.05, 3.63) is 29.1 Å². The minimum Gasteiger partial charge on any atom is -0.495 e. The molecule has 0 radical (unpaired) electrons. The maximum atomic E-state index is 11.5. The molecule has 3 rings (SSSR count). The van der Waals surface area contributed by atoms with E-state index < -0.39 is 11.4 Å². The van der Waals surface area contributed by atoms with E-state index >= 15 is 0 Å². The second-order valence-electron chi connectivity index (χ2n) is 4.73. The maximum absolute atomic E-state index is 11.5. The molecule has 0 bridgehead atoms. The van der Waals surface area contributed by atoms with Gasteiger partial charge in [-0.25, -0.2) is 0 Å². The summed E-state index contributed by atoms with van der Waals surface area (Å²) in [4.78, 5) is 12.5. The van der Waals surface area contributed by atoms with Crippen LogP contribution in [0.15, 0.2) is 24.3 Å². The van der Waals surface area contributed by atoms with Crippen molar-refractivity contribution >= 4 is 27.4 Å². The van der Waals surface area contributed by atoms with Crippen molar-refractivity contribution < 1.29 is 14.6 Å². The van der Waals surface area contributed by atoms with Gasteiger partial charge >= 0.3 is 5.97 Å². The van der Waals surface area contributed by atoms with Crippen LogP contribution in [0.3, 0.4) is 0 Å². The lowest BCUT2D eigenvalue weighted by molar-refractivity contribution is -0.147. The highest BCUT2D eigenvalue weighted by atomic mass is 32.1. The van der Waals surface area contributed by atoms with Crippen LogP contribution in [0.2, 0.25) is 0 Å². The van der Waals surface area contributed by atoms with Gasteiger partial charge in [-0.15, -0.1) is 11.3 Å². The second kappa shape index (κ2) is 3.99. The molecule has 1 saturated carbocycles. The summed E-state index contributed by atoms with van der Waals surface area (Å²) in [5.41, 5.74) is -0.644. The molecule has 0 amide bonds. The fraction of sp³-hybridized carbons (Fsp3) is 0.357. The van der Waals surface area contributed by atoms with Crippen LogP contribution in [0.1, 0.15) is 24.1 Å². The van der Waals surface area contributed by atoms with Gasteiger partial charge in [0, 0.05) is 4.88 Å². The summed E-state index contributed by atoms with van der Waals surface area (Å²) in [6.45, 7) is 0. The predicted molar refractivity (Wildman–Crippen MR) is 71.5 cm³/mol. The summed E-state index contributed by atoms with van der Waals surface area (Å²) in [5.74, 6) is 0.128. The van der Waals surface area contributed by atoms with Crippen LogP contribution in [0.5, 0.6) is 5.75 Å². The summed E-state index contributed by atoms with van der Waals surface area (Å²) < 4.78 is 6.37. The Kier molecular flexibility index (Phi) is 2.55. The number of rotatable bonds is 3. The Balaban J connectivity index is 2.16. The van der Waals surface area contributed by atoms with Crippen LogP contribution in [0.25, 0.3) is 10.1 Å². The van der Waals surface area contributed by atoms with E-state index in [4.69, 9.17) is 4.74 Å². The van der Waals surface area contributed by atoms with Crippen LogP contribution >= 0.6 is 11.3 Å². The monoisotopic (exact) mass is 262 g/mol. The number of carboxylic acids is 1. The first kappa shape index (κ1) is 11.5. The topological polar surface area (TPSA) is 46.5 Å². The van der Waals surface area contributed by atoms with E-state index in [-0.39, 0.29) is 0 Å². The lowest BCUT2D eigenvalue weighted by Crippen LogP contribution is -2.41. The van der Waals surface area contributed by atoms with Crippen LogP contribution in [-0.4, -0.2) is 18.2 Å². The van der Waals surface area contributed by atoms with Gasteiger partial charge in [-0.05, 0) is 30.4 Å². The number of thiophene rings is 1. The van der Waals surface area contributed by atoms with Crippen LogP contribution in [0.4, 0.5) is 0 Å². The molecule has 2 aromatic rings. The minimum atomic E-state index is -0.695. The number of aliphatic carboxylic acids is 1. The summed E-state index contributed by atoms with van der Waals surface area (Å²) in [6, 6.07) is 7.87. The second-order valence-corrected chi connectivity index (χ2v) is 5.78. The van der Waals surface area contributed by atoms with Gasteiger partial charge in [-0.2, -0.15) is 0 Å². The largest absolute Gasteiger partial charge is 0.495 e. The highest BCUT2D eigenvalue weighted by molar-refractivity contribution is 7.19. The molecule has 0 spiro atoms. The Morgan fingerprint density at radius 1 is 1.44 bits per heavy atom. The summed E-state index contributed by atoms with van der Waals surface area (Å²) in [5, 5.41) is 10.5. The zero-order chi connectivity index (χ0) is 12.8. The lowest BCUT2D eigenvalue weighted by atomic mass is 9.68. The number of methoxy groups -OCH3 is 1. The molecule has 1 aromatic carbocycles. The van der Waals surface area contributed by atoms with Crippen molar-refractivity contribution in [1.82, 2.24) is 0 Å². The van der Waals surface area contributed by atoms with Crippen LogP contribution in [-0.2, 0) is 10.2 Å². The molecule has 3 nitrogen and oxygen atoms in total. The molecule has 0 atom stereocenters. The predicted octanol–water partition coefficient (Wildman–Crippen LogP) is 3.42. The Bertz CT molecular complexity index is 611. The van der Waals surface area contributed by atoms with Crippen LogP contribution in [0, 0.1) is 0 Å². The third-order valence-corrected chi connectivity index (χ3v) is 5.19. The van der Waals surface area contributed by atoms with Crippen molar-refractivity contribution in [2.24, 2.45) is 0 Å². The number of hydrogen-bond donors (Lipinski definition) is 1. The Morgan fingerprint density at radius 3 is 2.78 bits per heavy atom. The van der Waals surface area contributed by atoms with E-state index in [1.165, 1.54) is 0 Å². The van der Waals surface area contributed by atoms with E-state index in [2.05, 4.69) is 0 Å². The molecule has 94 valence electrons. The van der Waals surface area contributed by atoms with Gasteiger partial charge in [-0.1, -0.05) is 18.6 Å². The van der Waals surface area contributed by atoms with Gasteiger partial charge in [0.15, 0.2) is 0 Å². The van der Waals surface area contributed by atoms with Crippen molar-refractivity contribution in [3.8, 4) is 5.75 Å². The zero-order valence-electron chi connectivity index (χ0n) is 10.1. The molecule has 1 aromatic heterocycles. The number of ether oxygens (including phenoxy) is 1. The van der Waals surface area contributed by atoms with Gasteiger partial charge in [0.25, 0.3) is 0 Å².